The highest BCUT2D eigenvalue weighted by atomic mass is 15.0. The Kier molecular flexibility index (Phi) is 6.28. The Morgan fingerprint density at radius 3 is 1.52 bits per heavy atom. The maximum atomic E-state index is 5.27. The van der Waals surface area contributed by atoms with Gasteiger partial charge in [-0.1, -0.05) is 145 Å². The van der Waals surface area contributed by atoms with E-state index in [9.17, 15) is 0 Å². The molecule has 0 aliphatic carbocycles. The van der Waals surface area contributed by atoms with Crippen LogP contribution in [-0.2, 0) is 0 Å². The van der Waals surface area contributed by atoms with Gasteiger partial charge in [-0.05, 0) is 64.8 Å². The molecule has 4 nitrogen and oxygen atoms in total. The van der Waals surface area contributed by atoms with Gasteiger partial charge in [-0.15, -0.1) is 5.69 Å². The molecule has 11 rings (SSSR count). The molecular formula is C48H31N4-. The van der Waals surface area contributed by atoms with Gasteiger partial charge in [0.2, 0.25) is 0 Å². The van der Waals surface area contributed by atoms with Crippen molar-refractivity contribution in [2.24, 2.45) is 4.99 Å². The first-order valence-electron chi connectivity index (χ1n) is 17.8. The summed E-state index contributed by atoms with van der Waals surface area (Å²) in [5.41, 5.74) is 12.0. The maximum absolute atomic E-state index is 5.27. The van der Waals surface area contributed by atoms with Crippen LogP contribution in [0.3, 0.4) is 0 Å². The molecule has 1 aliphatic rings. The van der Waals surface area contributed by atoms with Gasteiger partial charge in [-0.25, -0.2) is 0 Å². The molecule has 0 radical (unpaired) electrons. The van der Waals surface area contributed by atoms with Gasteiger partial charge in [0.05, 0.1) is 22.1 Å². The van der Waals surface area contributed by atoms with E-state index in [1.54, 1.807) is 0 Å². The van der Waals surface area contributed by atoms with Crippen molar-refractivity contribution in [3.05, 3.63) is 198 Å². The minimum atomic E-state index is -0.222. The van der Waals surface area contributed by atoms with E-state index in [-0.39, 0.29) is 6.04 Å². The average Bonchev–Trinajstić information content (AvgIpc) is 3.75. The van der Waals surface area contributed by atoms with Crippen LogP contribution in [0, 0.1) is 0 Å². The Morgan fingerprint density at radius 1 is 0.423 bits per heavy atom. The molecule has 0 bridgehead atoms. The Bertz CT molecular complexity index is 3020. The Morgan fingerprint density at radius 2 is 0.904 bits per heavy atom. The number of aromatic nitrogens is 2. The van der Waals surface area contributed by atoms with Crippen LogP contribution in [0.1, 0.15) is 17.2 Å². The monoisotopic (exact) mass is 663 g/mol. The summed E-state index contributed by atoms with van der Waals surface area (Å²) in [4.78, 5) is 5.16. The minimum Gasteiger partial charge on any atom is -0.671 e. The van der Waals surface area contributed by atoms with Gasteiger partial charge in [0.1, 0.15) is 0 Å². The number of para-hydroxylation sites is 5. The van der Waals surface area contributed by atoms with Gasteiger partial charge in [-0.2, -0.15) is 0 Å². The zero-order chi connectivity index (χ0) is 34.2. The van der Waals surface area contributed by atoms with E-state index in [0.29, 0.717) is 0 Å². The van der Waals surface area contributed by atoms with Crippen LogP contribution in [0.25, 0.3) is 71.1 Å². The molecule has 1 atom stereocenters. The highest BCUT2D eigenvalue weighted by Crippen LogP contribution is 2.48. The number of nitrogens with zero attached hydrogens (tertiary/aromatic N) is 4. The Hall–Kier alpha value is -6.91. The van der Waals surface area contributed by atoms with Crippen LogP contribution >= 0.6 is 0 Å². The quantitative estimate of drug-likeness (QED) is 0.180. The summed E-state index contributed by atoms with van der Waals surface area (Å²) in [5, 5.41) is 12.8. The number of hydrogen-bond donors (Lipinski definition) is 0. The van der Waals surface area contributed by atoms with Crippen LogP contribution < -0.4 is 0 Å². The molecule has 52 heavy (non-hydrogen) atoms. The van der Waals surface area contributed by atoms with Crippen molar-refractivity contribution < 1.29 is 0 Å². The fourth-order valence-corrected chi connectivity index (χ4v) is 8.43. The summed E-state index contributed by atoms with van der Waals surface area (Å²) in [6.07, 6.45) is 0. The molecule has 0 N–H and O–H groups in total. The van der Waals surface area contributed by atoms with E-state index in [2.05, 4.69) is 167 Å². The van der Waals surface area contributed by atoms with Gasteiger partial charge < -0.3 is 14.5 Å². The van der Waals surface area contributed by atoms with Crippen LogP contribution in [0.2, 0.25) is 0 Å². The Balaban J connectivity index is 1.21. The number of benzene rings is 8. The second-order valence-electron chi connectivity index (χ2n) is 13.5. The summed E-state index contributed by atoms with van der Waals surface area (Å²) < 4.78 is 4.94. The first-order valence-corrected chi connectivity index (χ1v) is 17.8. The van der Waals surface area contributed by atoms with Gasteiger partial charge in [0, 0.05) is 44.3 Å². The van der Waals surface area contributed by atoms with Crippen molar-refractivity contribution in [2.45, 2.75) is 6.04 Å². The average molecular weight is 664 g/mol. The summed E-state index contributed by atoms with van der Waals surface area (Å²) in [6.45, 7) is 0. The zero-order valence-corrected chi connectivity index (χ0v) is 28.2. The fourth-order valence-electron chi connectivity index (χ4n) is 8.43. The standard InChI is InChI=1S/C48H31N4/c1-3-15-31(16-4-1)45-46(50-40-24-12-11-23-39(40)49-45)32-27-29-34(30-28-32)52-42-26-14-10-22-38(42)44-36-20-8-7-19-35(36)43-37-21-9-13-25-41(37)51(47(43)48(44)52)33-17-5-2-6-18-33/h1-30,46H/q-1. The molecule has 0 saturated heterocycles. The lowest BCUT2D eigenvalue weighted by molar-refractivity contribution is 1.06. The lowest BCUT2D eigenvalue weighted by Gasteiger charge is -2.39. The van der Waals surface area contributed by atoms with Gasteiger partial charge in [0.25, 0.3) is 0 Å². The molecule has 10 aromatic rings. The van der Waals surface area contributed by atoms with Crippen molar-refractivity contribution in [1.29, 1.82) is 0 Å². The highest BCUT2D eigenvalue weighted by molar-refractivity contribution is 6.36. The van der Waals surface area contributed by atoms with Crippen LogP contribution in [-0.4, -0.2) is 14.8 Å². The minimum absolute atomic E-state index is 0.222. The molecular weight excluding hydrogens is 633 g/mol. The number of aliphatic imine (C=N–C) groups is 1. The van der Waals surface area contributed by atoms with Gasteiger partial charge in [0.15, 0.2) is 0 Å². The number of fused-ring (bicyclic) bond motifs is 11. The third-order valence-electron chi connectivity index (χ3n) is 10.6. The van der Waals surface area contributed by atoms with E-state index in [0.717, 1.165) is 39.6 Å². The first-order chi connectivity index (χ1) is 25.8. The summed E-state index contributed by atoms with van der Waals surface area (Å²) in [6, 6.07) is 64.7. The van der Waals surface area contributed by atoms with Crippen molar-refractivity contribution in [3.63, 3.8) is 0 Å². The summed E-state index contributed by atoms with van der Waals surface area (Å²) in [7, 11) is 0. The SMILES string of the molecule is c1ccc(C2=Nc3ccccc3[N-]C2c2ccc(-n3c4ccccc4c4c5ccccc5c5c6ccccc6n(-c6ccccc6)c5c43)cc2)cc1. The van der Waals surface area contributed by atoms with Crippen molar-refractivity contribution >= 4 is 71.5 Å². The van der Waals surface area contributed by atoms with E-state index >= 15 is 0 Å². The number of rotatable bonds is 4. The van der Waals surface area contributed by atoms with Crippen molar-refractivity contribution in [2.75, 3.05) is 0 Å². The molecule has 0 fully saturated rings. The molecule has 3 heterocycles. The third kappa shape index (κ3) is 4.18. The smallest absolute Gasteiger partial charge is 0.0795 e. The molecule has 8 aromatic carbocycles. The van der Waals surface area contributed by atoms with Gasteiger partial charge in [-0.3, -0.25) is 4.99 Å². The molecule has 2 aromatic heterocycles. The zero-order valence-electron chi connectivity index (χ0n) is 28.2. The summed E-state index contributed by atoms with van der Waals surface area (Å²) >= 11 is 0. The molecule has 1 unspecified atom stereocenters. The molecule has 0 saturated carbocycles. The first kappa shape index (κ1) is 28.9. The second-order valence-corrected chi connectivity index (χ2v) is 13.5. The normalized spacial score (nSPS) is 14.2. The largest absolute Gasteiger partial charge is 0.671 e. The summed E-state index contributed by atoms with van der Waals surface area (Å²) in [5.74, 6) is 0. The van der Waals surface area contributed by atoms with E-state index in [1.165, 1.54) is 54.4 Å². The predicted molar refractivity (Wildman–Crippen MR) is 217 cm³/mol. The van der Waals surface area contributed by atoms with E-state index in [1.807, 2.05) is 24.3 Å². The van der Waals surface area contributed by atoms with E-state index in [4.69, 9.17) is 10.3 Å². The number of hydrogen-bond acceptors (Lipinski definition) is 1. The topological polar surface area (TPSA) is 36.3 Å². The van der Waals surface area contributed by atoms with E-state index < -0.39 is 0 Å². The molecule has 0 amide bonds. The highest BCUT2D eigenvalue weighted by Gasteiger charge is 2.25. The lowest BCUT2D eigenvalue weighted by atomic mass is 9.94. The van der Waals surface area contributed by atoms with Crippen molar-refractivity contribution in [1.82, 2.24) is 9.13 Å². The second kappa shape index (κ2) is 11.3. The predicted octanol–water partition coefficient (Wildman–Crippen LogP) is 12.9. The fraction of sp³-hybridized carbons (Fsp3) is 0.0208. The van der Waals surface area contributed by atoms with Crippen molar-refractivity contribution in [3.8, 4) is 11.4 Å². The molecule has 4 heteroatoms. The lowest BCUT2D eigenvalue weighted by Crippen LogP contribution is -2.15. The van der Waals surface area contributed by atoms with Crippen LogP contribution in [0.15, 0.2) is 187 Å². The molecule has 1 aliphatic heterocycles. The van der Waals surface area contributed by atoms with Gasteiger partial charge >= 0.3 is 0 Å². The Labute approximate surface area is 300 Å². The van der Waals surface area contributed by atoms with Crippen LogP contribution in [0.4, 0.5) is 11.4 Å². The third-order valence-corrected chi connectivity index (χ3v) is 10.6. The molecule has 0 spiro atoms. The van der Waals surface area contributed by atoms with Crippen LogP contribution in [0.5, 0.6) is 0 Å². The maximum Gasteiger partial charge on any atom is 0.0795 e. The molecule has 244 valence electrons.